The molecule has 7 heteroatoms. The van der Waals surface area contributed by atoms with Crippen LogP contribution >= 0.6 is 0 Å². The highest BCUT2D eigenvalue weighted by molar-refractivity contribution is 6.00. The second-order valence-electron chi connectivity index (χ2n) is 5.23. The molecule has 0 saturated heterocycles. The van der Waals surface area contributed by atoms with Crippen LogP contribution in [-0.2, 0) is 4.79 Å². The highest BCUT2D eigenvalue weighted by Gasteiger charge is 2.19. The van der Waals surface area contributed by atoms with Crippen molar-refractivity contribution >= 4 is 17.5 Å². The number of nitrogens with one attached hydrogen (secondary N) is 1. The van der Waals surface area contributed by atoms with Crippen LogP contribution in [0.1, 0.15) is 17.3 Å². The van der Waals surface area contributed by atoms with E-state index in [0.717, 1.165) is 0 Å². The molecule has 2 aromatic rings. The number of carbonyl (C=O) groups is 2. The zero-order chi connectivity index (χ0) is 18.2. The fraction of sp³-hybridized carbons (Fsp3) is 0.278. The summed E-state index contributed by atoms with van der Waals surface area (Å²) in [5.74, 6) is 0.326. The number of likely N-dealkylation sites (N-methyl/N-ethyl adjacent to an activating group) is 1. The first-order valence-electron chi connectivity index (χ1n) is 7.82. The van der Waals surface area contributed by atoms with Crippen molar-refractivity contribution in [2.24, 2.45) is 0 Å². The summed E-state index contributed by atoms with van der Waals surface area (Å²) in [7, 11) is 3.13. The molecule has 0 aliphatic heterocycles. The lowest BCUT2D eigenvalue weighted by atomic mass is 10.2. The normalized spacial score (nSPS) is 10.0. The molecule has 0 aliphatic rings. The summed E-state index contributed by atoms with van der Waals surface area (Å²) in [6, 6.07) is 10.2. The summed E-state index contributed by atoms with van der Waals surface area (Å²) < 4.78 is 10.4. The van der Waals surface area contributed by atoms with Crippen LogP contribution in [0.4, 0.5) is 5.69 Å². The number of benzene rings is 1. The van der Waals surface area contributed by atoms with Crippen LogP contribution in [0.15, 0.2) is 42.6 Å². The van der Waals surface area contributed by atoms with Gasteiger partial charge in [0.05, 0.1) is 20.3 Å². The number of methoxy groups -OCH3 is 1. The van der Waals surface area contributed by atoms with Crippen molar-refractivity contribution in [1.82, 2.24) is 9.88 Å². The molecule has 0 atom stereocenters. The van der Waals surface area contributed by atoms with E-state index in [1.54, 1.807) is 56.8 Å². The molecule has 25 heavy (non-hydrogen) atoms. The van der Waals surface area contributed by atoms with Gasteiger partial charge >= 0.3 is 0 Å². The maximum atomic E-state index is 12.5. The minimum Gasteiger partial charge on any atom is -0.497 e. The van der Waals surface area contributed by atoms with Gasteiger partial charge in [-0.1, -0.05) is 0 Å². The minimum absolute atomic E-state index is 0.0919. The Bertz CT molecular complexity index is 731. The van der Waals surface area contributed by atoms with Gasteiger partial charge < -0.3 is 19.7 Å². The van der Waals surface area contributed by atoms with Crippen LogP contribution in [0.2, 0.25) is 0 Å². The Morgan fingerprint density at radius 3 is 2.56 bits per heavy atom. The number of hydrogen-bond donors (Lipinski definition) is 1. The maximum Gasteiger partial charge on any atom is 0.259 e. The molecule has 1 N–H and O–H groups in total. The van der Waals surface area contributed by atoms with Crippen molar-refractivity contribution in [1.29, 1.82) is 0 Å². The Kier molecular flexibility index (Phi) is 6.33. The molecule has 0 aliphatic carbocycles. The lowest BCUT2D eigenvalue weighted by molar-refractivity contribution is -0.116. The minimum atomic E-state index is -0.332. The van der Waals surface area contributed by atoms with Crippen molar-refractivity contribution in [3.05, 3.63) is 48.2 Å². The van der Waals surface area contributed by atoms with E-state index in [9.17, 15) is 9.59 Å². The predicted molar refractivity (Wildman–Crippen MR) is 94.0 cm³/mol. The number of rotatable bonds is 7. The van der Waals surface area contributed by atoms with Gasteiger partial charge in [-0.15, -0.1) is 0 Å². The van der Waals surface area contributed by atoms with Gasteiger partial charge in [0.25, 0.3) is 5.91 Å². The zero-order valence-corrected chi connectivity index (χ0v) is 14.5. The number of hydrogen-bond acceptors (Lipinski definition) is 5. The Morgan fingerprint density at radius 1 is 1.20 bits per heavy atom. The highest BCUT2D eigenvalue weighted by Crippen LogP contribution is 2.17. The third kappa shape index (κ3) is 4.94. The van der Waals surface area contributed by atoms with Crippen LogP contribution in [0.25, 0.3) is 0 Å². The van der Waals surface area contributed by atoms with Crippen LogP contribution in [0, 0.1) is 0 Å². The molecular weight excluding hydrogens is 322 g/mol. The van der Waals surface area contributed by atoms with Gasteiger partial charge in [0.1, 0.15) is 11.3 Å². The molecule has 0 bridgehead atoms. The third-order valence-electron chi connectivity index (χ3n) is 3.38. The number of amides is 2. The quantitative estimate of drug-likeness (QED) is 0.833. The average Bonchev–Trinajstić information content (AvgIpc) is 2.62. The van der Waals surface area contributed by atoms with Crippen LogP contribution in [0.5, 0.6) is 11.6 Å². The number of carbonyl (C=O) groups excluding carboxylic acids is 2. The van der Waals surface area contributed by atoms with Crippen molar-refractivity contribution < 1.29 is 19.1 Å². The van der Waals surface area contributed by atoms with Gasteiger partial charge in [-0.25, -0.2) is 4.98 Å². The van der Waals surface area contributed by atoms with Crippen molar-refractivity contribution in [2.45, 2.75) is 6.92 Å². The molecular formula is C18H21N3O4. The highest BCUT2D eigenvalue weighted by atomic mass is 16.5. The molecule has 1 heterocycles. The zero-order valence-electron chi connectivity index (χ0n) is 14.5. The van der Waals surface area contributed by atoms with Gasteiger partial charge in [-0.05, 0) is 43.3 Å². The van der Waals surface area contributed by atoms with Gasteiger partial charge in [-0.3, -0.25) is 9.59 Å². The Labute approximate surface area is 146 Å². The molecule has 0 spiro atoms. The maximum absolute atomic E-state index is 12.5. The molecule has 0 saturated carbocycles. The van der Waals surface area contributed by atoms with Crippen molar-refractivity contribution in [3.8, 4) is 11.6 Å². The third-order valence-corrected chi connectivity index (χ3v) is 3.38. The fourth-order valence-electron chi connectivity index (χ4n) is 2.17. The van der Waals surface area contributed by atoms with Crippen LogP contribution in [0.3, 0.4) is 0 Å². The first-order valence-corrected chi connectivity index (χ1v) is 7.82. The van der Waals surface area contributed by atoms with E-state index in [-0.39, 0.29) is 24.2 Å². The molecule has 0 unspecified atom stereocenters. The lowest BCUT2D eigenvalue weighted by Crippen LogP contribution is -2.35. The summed E-state index contributed by atoms with van der Waals surface area (Å²) in [6.45, 7) is 2.12. The summed E-state index contributed by atoms with van der Waals surface area (Å²) >= 11 is 0. The Balaban J connectivity index is 1.99. The fourth-order valence-corrected chi connectivity index (χ4v) is 2.17. The van der Waals surface area contributed by atoms with Gasteiger partial charge in [0.2, 0.25) is 11.8 Å². The SMILES string of the molecule is CCOc1ncccc1C(=O)N(C)CC(=O)Nc1ccc(OC)cc1. The van der Waals surface area contributed by atoms with E-state index in [1.807, 2.05) is 6.92 Å². The topological polar surface area (TPSA) is 80.8 Å². The van der Waals surface area contributed by atoms with Crippen molar-refractivity contribution in [3.63, 3.8) is 0 Å². The number of ether oxygens (including phenoxy) is 2. The molecule has 0 radical (unpaired) electrons. The first kappa shape index (κ1) is 18.3. The second-order valence-corrected chi connectivity index (χ2v) is 5.23. The molecule has 132 valence electrons. The molecule has 2 rings (SSSR count). The van der Waals surface area contributed by atoms with E-state index in [4.69, 9.17) is 9.47 Å². The lowest BCUT2D eigenvalue weighted by Gasteiger charge is -2.18. The van der Waals surface area contributed by atoms with Gasteiger partial charge in [0.15, 0.2) is 0 Å². The number of nitrogens with zero attached hydrogens (tertiary/aromatic N) is 2. The summed E-state index contributed by atoms with van der Waals surface area (Å²) in [6.07, 6.45) is 1.55. The number of aromatic nitrogens is 1. The van der Waals surface area contributed by atoms with Crippen molar-refractivity contribution in [2.75, 3.05) is 32.6 Å². The number of anilines is 1. The van der Waals surface area contributed by atoms with Gasteiger partial charge in [0, 0.05) is 18.9 Å². The molecule has 1 aromatic heterocycles. The van der Waals surface area contributed by atoms with Gasteiger partial charge in [-0.2, -0.15) is 0 Å². The Hall–Kier alpha value is -3.09. The molecule has 2 amide bonds. The standard InChI is InChI=1S/C18H21N3O4/c1-4-25-17-15(6-5-11-19-17)18(23)21(2)12-16(22)20-13-7-9-14(24-3)10-8-13/h5-11H,4,12H2,1-3H3,(H,20,22). The van der Waals surface area contributed by atoms with E-state index in [2.05, 4.69) is 10.3 Å². The monoisotopic (exact) mass is 343 g/mol. The summed E-state index contributed by atoms with van der Waals surface area (Å²) in [4.78, 5) is 30.0. The van der Waals surface area contributed by atoms with Crippen LogP contribution in [-0.4, -0.2) is 49.0 Å². The Morgan fingerprint density at radius 2 is 1.92 bits per heavy atom. The largest absolute Gasteiger partial charge is 0.497 e. The predicted octanol–water partition coefficient (Wildman–Crippen LogP) is 2.20. The van der Waals surface area contributed by atoms with E-state index in [0.29, 0.717) is 23.6 Å². The molecule has 0 fully saturated rings. The van der Waals surface area contributed by atoms with E-state index >= 15 is 0 Å². The summed E-state index contributed by atoms with van der Waals surface area (Å²) in [5, 5.41) is 2.73. The molecule has 7 nitrogen and oxygen atoms in total. The second kappa shape index (κ2) is 8.68. The molecule has 1 aromatic carbocycles. The smallest absolute Gasteiger partial charge is 0.259 e. The van der Waals surface area contributed by atoms with Crippen LogP contribution < -0.4 is 14.8 Å². The number of pyridine rings is 1. The first-order chi connectivity index (χ1) is 12.0. The van der Waals surface area contributed by atoms with E-state index < -0.39 is 0 Å². The summed E-state index contributed by atoms with van der Waals surface area (Å²) in [5.41, 5.74) is 0.951. The van der Waals surface area contributed by atoms with E-state index in [1.165, 1.54) is 4.90 Å². The average molecular weight is 343 g/mol.